The lowest BCUT2D eigenvalue weighted by atomic mass is 9.88. The third-order valence-electron chi connectivity index (χ3n) is 4.99. The van der Waals surface area contributed by atoms with Crippen molar-refractivity contribution in [3.63, 3.8) is 0 Å². The Morgan fingerprint density at radius 3 is 2.35 bits per heavy atom. The van der Waals surface area contributed by atoms with Crippen LogP contribution in [0.5, 0.6) is 0 Å². The number of nitrogen functional groups attached to an aromatic ring is 1. The van der Waals surface area contributed by atoms with Crippen LogP contribution in [-0.2, 0) is 0 Å². The molecule has 0 radical (unpaired) electrons. The zero-order valence-electron chi connectivity index (χ0n) is 15.7. The van der Waals surface area contributed by atoms with Crippen molar-refractivity contribution in [2.45, 2.75) is 5.92 Å². The minimum absolute atomic E-state index is 0.0660. The molecule has 0 bridgehead atoms. The molecule has 2 N–H and O–H groups in total. The van der Waals surface area contributed by atoms with Crippen LogP contribution in [0.2, 0.25) is 10.0 Å². The molecule has 0 fully saturated rings. The predicted octanol–water partition coefficient (Wildman–Crippen LogP) is 2.96. The molecule has 0 spiro atoms. The van der Waals surface area contributed by atoms with Crippen LogP contribution in [-0.4, -0.2) is 9.55 Å². The average molecular weight is 451 g/mol. The Balaban J connectivity index is 1.86. The van der Waals surface area contributed by atoms with Crippen LogP contribution in [0.1, 0.15) is 22.7 Å². The monoisotopic (exact) mass is 450 g/mol. The van der Waals surface area contributed by atoms with E-state index < -0.39 is 11.5 Å². The van der Waals surface area contributed by atoms with Crippen molar-refractivity contribution in [3.05, 3.63) is 96.7 Å². The number of fused-ring (bicyclic) bond motifs is 3. The van der Waals surface area contributed by atoms with Gasteiger partial charge in [0.05, 0.1) is 5.92 Å². The molecule has 152 valence electrons. The van der Waals surface area contributed by atoms with Crippen LogP contribution in [0.4, 0.5) is 6.01 Å². The van der Waals surface area contributed by atoms with E-state index in [1.165, 1.54) is 4.57 Å². The Hall–Kier alpha value is -3.73. The van der Waals surface area contributed by atoms with Crippen molar-refractivity contribution in [1.82, 2.24) is 9.55 Å². The van der Waals surface area contributed by atoms with Gasteiger partial charge in [-0.05, 0) is 41.5 Å². The Kier molecular flexibility index (Phi) is 4.47. The molecule has 0 unspecified atom stereocenters. The topological polar surface area (TPSA) is 111 Å². The Morgan fingerprint density at radius 2 is 1.71 bits per heavy atom. The normalized spacial score (nSPS) is 15.5. The summed E-state index contributed by atoms with van der Waals surface area (Å²) in [6.07, 6.45) is 1.62. The first kappa shape index (κ1) is 19.2. The maximum atomic E-state index is 12.8. The number of anilines is 1. The molecule has 31 heavy (non-hydrogen) atoms. The van der Waals surface area contributed by atoms with Gasteiger partial charge < -0.3 is 14.6 Å². The summed E-state index contributed by atoms with van der Waals surface area (Å²) in [4.78, 5) is 17.1. The highest BCUT2D eigenvalue weighted by atomic mass is 35.5. The van der Waals surface area contributed by atoms with Gasteiger partial charge in [-0.3, -0.25) is 0 Å². The highest BCUT2D eigenvalue weighted by molar-refractivity contribution is 6.30. The van der Waals surface area contributed by atoms with Gasteiger partial charge in [0, 0.05) is 10.0 Å². The number of aromatic nitrogens is 2. The fraction of sp³-hybridized carbons (Fsp3) is 0.0455. The van der Waals surface area contributed by atoms with E-state index in [0.717, 1.165) is 5.56 Å². The summed E-state index contributed by atoms with van der Waals surface area (Å²) in [6, 6.07) is 16.0. The van der Waals surface area contributed by atoms with E-state index in [2.05, 4.69) is 11.1 Å². The second-order valence-corrected chi connectivity index (χ2v) is 7.74. The molecule has 0 saturated heterocycles. The van der Waals surface area contributed by atoms with E-state index in [-0.39, 0.29) is 28.4 Å². The summed E-state index contributed by atoms with van der Waals surface area (Å²) in [5.74, 6) is -0.412. The van der Waals surface area contributed by atoms with Gasteiger partial charge >= 0.3 is 5.63 Å². The van der Waals surface area contributed by atoms with Gasteiger partial charge in [-0.25, -0.2) is 9.36 Å². The largest absolute Gasteiger partial charge is 0.406 e. The number of hydrogen-bond donors (Lipinski definition) is 1. The lowest BCUT2D eigenvalue weighted by molar-refractivity contribution is 0.455. The number of halogens is 2. The summed E-state index contributed by atoms with van der Waals surface area (Å²) in [5, 5.41) is 11.3. The summed E-state index contributed by atoms with van der Waals surface area (Å²) in [5.41, 5.74) is 7.34. The minimum Gasteiger partial charge on any atom is -0.406 e. The molecule has 0 amide bonds. The first-order valence-electron chi connectivity index (χ1n) is 9.12. The van der Waals surface area contributed by atoms with Gasteiger partial charge in [-0.15, -0.1) is 0 Å². The first-order valence-corrected chi connectivity index (χ1v) is 9.87. The van der Waals surface area contributed by atoms with Crippen molar-refractivity contribution in [2.24, 2.45) is 0 Å². The van der Waals surface area contributed by atoms with Gasteiger partial charge in [-0.1, -0.05) is 47.5 Å². The van der Waals surface area contributed by atoms with Crippen LogP contribution in [0.15, 0.2) is 62.2 Å². The number of nitriles is 1. The number of oxazole rings is 2. The molecule has 0 aliphatic carbocycles. The van der Waals surface area contributed by atoms with Crippen LogP contribution in [0.3, 0.4) is 0 Å². The zero-order chi connectivity index (χ0) is 21.7. The molecule has 2 aromatic carbocycles. The second kappa shape index (κ2) is 7.20. The van der Waals surface area contributed by atoms with Gasteiger partial charge in [0.2, 0.25) is 11.4 Å². The summed E-state index contributed by atoms with van der Waals surface area (Å²) < 4.78 is 12.6. The molecule has 1 aliphatic heterocycles. The van der Waals surface area contributed by atoms with E-state index in [1.54, 1.807) is 54.6 Å². The summed E-state index contributed by atoms with van der Waals surface area (Å²) in [6.45, 7) is 0. The molecule has 0 saturated carbocycles. The summed E-state index contributed by atoms with van der Waals surface area (Å²) >= 11 is 12.0. The average Bonchev–Trinajstić information content (AvgIpc) is 3.28. The van der Waals surface area contributed by atoms with Crippen LogP contribution >= 0.6 is 23.2 Å². The van der Waals surface area contributed by atoms with Crippen molar-refractivity contribution >= 4 is 40.9 Å². The van der Waals surface area contributed by atoms with Crippen molar-refractivity contribution < 1.29 is 8.83 Å². The smallest absolute Gasteiger partial charge is 0.362 e. The number of rotatable bonds is 2. The molecule has 1 aliphatic rings. The van der Waals surface area contributed by atoms with Crippen LogP contribution in [0, 0.1) is 11.3 Å². The molecule has 2 aromatic heterocycles. The van der Waals surface area contributed by atoms with E-state index in [4.69, 9.17) is 37.8 Å². The molecule has 3 heterocycles. The van der Waals surface area contributed by atoms with Gasteiger partial charge in [0.15, 0.2) is 0 Å². The third kappa shape index (κ3) is 3.13. The van der Waals surface area contributed by atoms with Gasteiger partial charge in [0.1, 0.15) is 22.7 Å². The SMILES string of the molecule is N#CC1=c2oc(=O)/c(=C\c3ccc(Cl)cc3)n2-c2oc(N)nc2[C@@H]1c1ccc(Cl)cc1. The standard InChI is InChI=1S/C22H12Cl2N4O3/c23-13-5-1-11(2-6-13)9-16-21(29)30-19-15(10-25)17(12-3-7-14(24)8-4-12)18-20(28(16)19)31-22(26)27-18/h1-9,17H,(H2,26,27)/b16-9+/t17-/m1/s1. The lowest BCUT2D eigenvalue weighted by Gasteiger charge is -2.19. The maximum Gasteiger partial charge on any atom is 0.362 e. The highest BCUT2D eigenvalue weighted by Gasteiger charge is 2.35. The predicted molar refractivity (Wildman–Crippen MR) is 115 cm³/mol. The van der Waals surface area contributed by atoms with Crippen LogP contribution < -0.4 is 22.3 Å². The van der Waals surface area contributed by atoms with Crippen molar-refractivity contribution in [3.8, 4) is 12.0 Å². The molecule has 1 atom stereocenters. The number of hydrogen-bond acceptors (Lipinski definition) is 6. The van der Waals surface area contributed by atoms with Crippen molar-refractivity contribution in [1.29, 1.82) is 5.26 Å². The second-order valence-electron chi connectivity index (χ2n) is 6.86. The first-order chi connectivity index (χ1) is 15.0. The van der Waals surface area contributed by atoms with Gasteiger partial charge in [-0.2, -0.15) is 10.2 Å². The molecular formula is C22H12Cl2N4O3. The lowest BCUT2D eigenvalue weighted by Crippen LogP contribution is -2.35. The Bertz CT molecular complexity index is 1540. The number of nitrogens with zero attached hydrogens (tertiary/aromatic N) is 3. The quantitative estimate of drug-likeness (QED) is 0.502. The fourth-order valence-corrected chi connectivity index (χ4v) is 3.90. The maximum absolute atomic E-state index is 12.8. The molecule has 4 aromatic rings. The minimum atomic E-state index is -0.632. The van der Waals surface area contributed by atoms with E-state index in [9.17, 15) is 10.1 Å². The fourth-order valence-electron chi connectivity index (χ4n) is 3.65. The third-order valence-corrected chi connectivity index (χ3v) is 5.49. The van der Waals surface area contributed by atoms with E-state index >= 15 is 0 Å². The number of benzene rings is 2. The molecule has 9 heteroatoms. The van der Waals surface area contributed by atoms with Crippen LogP contribution in [0.25, 0.3) is 17.5 Å². The zero-order valence-corrected chi connectivity index (χ0v) is 17.2. The molecule has 5 rings (SSSR count). The Morgan fingerprint density at radius 1 is 1.06 bits per heavy atom. The summed E-state index contributed by atoms with van der Waals surface area (Å²) in [7, 11) is 0. The number of nitrogens with two attached hydrogens (primary N) is 1. The Labute approximate surface area is 184 Å². The van der Waals surface area contributed by atoms with Crippen molar-refractivity contribution in [2.75, 3.05) is 5.73 Å². The van der Waals surface area contributed by atoms with Gasteiger partial charge in [0.25, 0.3) is 6.01 Å². The molecular weight excluding hydrogens is 439 g/mol. The highest BCUT2D eigenvalue weighted by Crippen LogP contribution is 2.37. The van der Waals surface area contributed by atoms with E-state index in [1.807, 2.05) is 0 Å². The van der Waals surface area contributed by atoms with E-state index in [0.29, 0.717) is 21.3 Å². The molecule has 7 nitrogen and oxygen atoms in total.